The number of methoxy groups -OCH3 is 1. The van der Waals surface area contributed by atoms with Crippen molar-refractivity contribution < 1.29 is 18.7 Å². The SMILES string of the molecule is COc1ccc(F)cc1C(=O)NCc1ccc(C(=N)c2c(N)ncnc2NC2CCCCC(N(C)C(=O)n3cncn3)C2)cc1. The largest absolute Gasteiger partial charge is 0.496 e. The Morgan fingerprint density at radius 2 is 1.91 bits per heavy atom. The highest BCUT2D eigenvalue weighted by Crippen LogP contribution is 2.28. The van der Waals surface area contributed by atoms with E-state index in [2.05, 4.69) is 30.7 Å². The zero-order valence-electron chi connectivity index (χ0n) is 25.0. The van der Waals surface area contributed by atoms with Crippen LogP contribution in [0.4, 0.5) is 20.8 Å². The zero-order valence-corrected chi connectivity index (χ0v) is 25.0. The number of halogens is 1. The Morgan fingerprint density at radius 3 is 2.64 bits per heavy atom. The molecule has 0 spiro atoms. The van der Waals surface area contributed by atoms with Crippen LogP contribution >= 0.6 is 0 Å². The van der Waals surface area contributed by atoms with Crippen molar-refractivity contribution in [1.82, 2.24) is 34.9 Å². The first-order valence-electron chi connectivity index (χ1n) is 14.5. The summed E-state index contributed by atoms with van der Waals surface area (Å²) in [4.78, 5) is 39.7. The lowest BCUT2D eigenvalue weighted by atomic mass is 10.0. The molecule has 13 nitrogen and oxygen atoms in total. The molecule has 5 rings (SSSR count). The number of benzene rings is 2. The Balaban J connectivity index is 1.26. The van der Waals surface area contributed by atoms with Crippen molar-refractivity contribution in [2.24, 2.45) is 0 Å². The molecule has 2 heterocycles. The molecule has 1 saturated carbocycles. The maximum Gasteiger partial charge on any atom is 0.346 e. The third-order valence-corrected chi connectivity index (χ3v) is 7.93. The molecule has 0 saturated heterocycles. The summed E-state index contributed by atoms with van der Waals surface area (Å²) in [5, 5.41) is 19.2. The fraction of sp³-hybridized carbons (Fsp3) is 0.323. The molecule has 0 aliphatic heterocycles. The predicted molar refractivity (Wildman–Crippen MR) is 166 cm³/mol. The normalized spacial score (nSPS) is 16.3. The van der Waals surface area contributed by atoms with E-state index in [1.165, 1.54) is 42.9 Å². The van der Waals surface area contributed by atoms with Crippen molar-refractivity contribution in [3.8, 4) is 5.75 Å². The number of nitrogens with two attached hydrogens (primary N) is 1. The Morgan fingerprint density at radius 1 is 1.13 bits per heavy atom. The second kappa shape index (κ2) is 13.9. The van der Waals surface area contributed by atoms with Gasteiger partial charge in [0.05, 0.1) is 23.9 Å². The number of hydrogen-bond acceptors (Lipinski definition) is 10. The van der Waals surface area contributed by atoms with Gasteiger partial charge in [0.2, 0.25) is 0 Å². The van der Waals surface area contributed by atoms with Gasteiger partial charge < -0.3 is 26.0 Å². The Bertz CT molecular complexity index is 1660. The third-order valence-electron chi connectivity index (χ3n) is 7.93. The first kappa shape index (κ1) is 31.0. The summed E-state index contributed by atoms with van der Waals surface area (Å²) in [5.41, 5.74) is 8.26. The minimum atomic E-state index is -0.536. The van der Waals surface area contributed by atoms with Crippen molar-refractivity contribution in [2.45, 2.75) is 50.7 Å². The number of hydrogen-bond donors (Lipinski definition) is 4. The number of carbonyl (C=O) groups excluding carboxylic acids is 2. The lowest BCUT2D eigenvalue weighted by Gasteiger charge is -2.29. The summed E-state index contributed by atoms with van der Waals surface area (Å²) in [7, 11) is 3.19. The molecule has 2 amide bonds. The molecule has 1 fully saturated rings. The van der Waals surface area contributed by atoms with Crippen LogP contribution in [0, 0.1) is 11.2 Å². The highest BCUT2D eigenvalue weighted by Gasteiger charge is 2.28. The van der Waals surface area contributed by atoms with Gasteiger partial charge in [-0.2, -0.15) is 9.78 Å². The summed E-state index contributed by atoms with van der Waals surface area (Å²) in [6.45, 7) is 0.187. The standard InChI is InChI=1S/C31H35FN10O3/c1-41(31(44)42-18-35-16-39-42)23-6-4-3-5-22(14-23)40-29-26(28(34)37-17-38-29)27(33)20-9-7-19(8-10-20)15-36-30(43)24-13-21(32)11-12-25(24)45-2/h7-13,16-18,22-23,33H,3-6,14-15H2,1-2H3,(H,36,43)(H3,34,37,38,40). The maximum absolute atomic E-state index is 13.7. The van der Waals surface area contributed by atoms with E-state index in [0.717, 1.165) is 37.3 Å². The van der Waals surface area contributed by atoms with Crippen molar-refractivity contribution in [3.05, 3.63) is 89.5 Å². The van der Waals surface area contributed by atoms with Crippen LogP contribution in [0.15, 0.2) is 61.4 Å². The number of nitrogens with one attached hydrogen (secondary N) is 3. The number of nitrogen functional groups attached to an aromatic ring is 1. The van der Waals surface area contributed by atoms with Crippen molar-refractivity contribution >= 4 is 29.3 Å². The van der Waals surface area contributed by atoms with Gasteiger partial charge in [0.1, 0.15) is 42.2 Å². The summed E-state index contributed by atoms with van der Waals surface area (Å²) < 4.78 is 20.1. The second-order valence-electron chi connectivity index (χ2n) is 10.8. The molecule has 5 N–H and O–H groups in total. The summed E-state index contributed by atoms with van der Waals surface area (Å²) in [6.07, 6.45) is 8.41. The molecule has 2 aromatic heterocycles. The van der Waals surface area contributed by atoms with Gasteiger partial charge >= 0.3 is 6.03 Å². The molecule has 1 aliphatic carbocycles. The number of carbonyl (C=O) groups is 2. The minimum Gasteiger partial charge on any atom is -0.496 e. The molecule has 2 aromatic carbocycles. The fourth-order valence-corrected chi connectivity index (χ4v) is 5.46. The van der Waals surface area contributed by atoms with E-state index >= 15 is 0 Å². The number of rotatable bonds is 9. The lowest BCUT2D eigenvalue weighted by molar-refractivity contribution is 0.0947. The van der Waals surface area contributed by atoms with E-state index < -0.39 is 11.7 Å². The van der Waals surface area contributed by atoms with Crippen molar-refractivity contribution in [2.75, 3.05) is 25.2 Å². The summed E-state index contributed by atoms with van der Waals surface area (Å²) >= 11 is 0. The van der Waals surface area contributed by atoms with E-state index in [0.29, 0.717) is 23.4 Å². The molecule has 1 aliphatic rings. The molecule has 45 heavy (non-hydrogen) atoms. The van der Waals surface area contributed by atoms with Crippen LogP contribution in [-0.2, 0) is 6.54 Å². The number of anilines is 2. The number of amides is 2. The lowest BCUT2D eigenvalue weighted by Crippen LogP contribution is -2.42. The van der Waals surface area contributed by atoms with Crippen LogP contribution in [0.2, 0.25) is 0 Å². The highest BCUT2D eigenvalue weighted by molar-refractivity contribution is 6.16. The average molecular weight is 615 g/mol. The van der Waals surface area contributed by atoms with Crippen LogP contribution in [0.3, 0.4) is 0 Å². The van der Waals surface area contributed by atoms with Gasteiger partial charge in [0.15, 0.2) is 0 Å². The molecule has 14 heteroatoms. The van der Waals surface area contributed by atoms with Crippen molar-refractivity contribution in [3.63, 3.8) is 0 Å². The van der Waals surface area contributed by atoms with E-state index in [1.807, 2.05) is 0 Å². The van der Waals surface area contributed by atoms with Crippen LogP contribution in [0.1, 0.15) is 59.2 Å². The molecular weight excluding hydrogens is 579 g/mol. The first-order chi connectivity index (χ1) is 21.7. The Hall–Kier alpha value is -5.40. The number of aromatic nitrogens is 5. The summed E-state index contributed by atoms with van der Waals surface area (Å²) in [5.74, 6) is -0.115. The Kier molecular flexibility index (Phi) is 9.61. The number of ether oxygens (including phenoxy) is 1. The van der Waals surface area contributed by atoms with Gasteiger partial charge in [0.25, 0.3) is 5.91 Å². The monoisotopic (exact) mass is 614 g/mol. The summed E-state index contributed by atoms with van der Waals surface area (Å²) in [6, 6.07) is 10.6. The first-order valence-corrected chi connectivity index (χ1v) is 14.5. The quantitative estimate of drug-likeness (QED) is 0.161. The minimum absolute atomic E-state index is 0.0213. The van der Waals surface area contributed by atoms with Crippen molar-refractivity contribution in [1.29, 1.82) is 5.41 Å². The van der Waals surface area contributed by atoms with E-state index in [1.54, 1.807) is 36.2 Å². The van der Waals surface area contributed by atoms with Gasteiger partial charge in [-0.3, -0.25) is 10.2 Å². The molecule has 2 atom stereocenters. The molecule has 0 bridgehead atoms. The molecule has 4 aromatic rings. The van der Waals surface area contributed by atoms with Gasteiger partial charge in [-0.15, -0.1) is 0 Å². The van der Waals surface area contributed by atoms with E-state index in [-0.39, 0.29) is 47.5 Å². The molecule has 2 unspecified atom stereocenters. The Labute approximate surface area is 259 Å². The molecule has 0 radical (unpaired) electrons. The van der Waals surface area contributed by atoms with Crippen LogP contribution in [0.5, 0.6) is 5.75 Å². The predicted octanol–water partition coefficient (Wildman–Crippen LogP) is 3.86. The van der Waals surface area contributed by atoms with Gasteiger partial charge in [-0.1, -0.05) is 37.1 Å². The molecule has 234 valence electrons. The number of nitrogens with zero attached hydrogens (tertiary/aromatic N) is 6. The van der Waals surface area contributed by atoms with Gasteiger partial charge in [-0.05, 0) is 43.0 Å². The second-order valence-corrected chi connectivity index (χ2v) is 10.8. The van der Waals surface area contributed by atoms with Gasteiger partial charge in [-0.25, -0.2) is 24.1 Å². The average Bonchev–Trinajstić information content (AvgIpc) is 3.49. The van der Waals surface area contributed by atoms with Crippen LogP contribution in [-0.4, -0.2) is 73.5 Å². The van der Waals surface area contributed by atoms with Gasteiger partial charge in [0, 0.05) is 31.2 Å². The molecular formula is C31H35FN10O3. The topological polar surface area (TPSA) is 177 Å². The zero-order chi connectivity index (χ0) is 31.9. The van der Waals surface area contributed by atoms with Crippen LogP contribution in [0.25, 0.3) is 0 Å². The third kappa shape index (κ3) is 7.22. The van der Waals surface area contributed by atoms with Crippen LogP contribution < -0.4 is 21.1 Å². The van der Waals surface area contributed by atoms with E-state index in [4.69, 9.17) is 15.9 Å². The fourth-order valence-electron chi connectivity index (χ4n) is 5.46. The maximum atomic E-state index is 13.7. The smallest absolute Gasteiger partial charge is 0.346 e. The van der Waals surface area contributed by atoms with E-state index in [9.17, 15) is 14.0 Å². The highest BCUT2D eigenvalue weighted by atomic mass is 19.1.